The Hall–Kier alpha value is -1.79. The van der Waals surface area contributed by atoms with Crippen molar-refractivity contribution in [2.45, 2.75) is 58.9 Å². The molecule has 7 heteroatoms. The zero-order valence-corrected chi connectivity index (χ0v) is 13.3. The van der Waals surface area contributed by atoms with E-state index in [4.69, 9.17) is 9.47 Å². The molecule has 0 bridgehead atoms. The van der Waals surface area contributed by atoms with Gasteiger partial charge in [0.15, 0.2) is 0 Å². The molecule has 0 saturated carbocycles. The van der Waals surface area contributed by atoms with E-state index in [2.05, 4.69) is 5.43 Å². The summed E-state index contributed by atoms with van der Waals surface area (Å²) in [5.74, 6) is 0. The van der Waals surface area contributed by atoms with Gasteiger partial charge in [-0.05, 0) is 26.7 Å². The number of amides is 2. The lowest BCUT2D eigenvalue weighted by atomic mass is 9.91. The normalized spacial score (nSPS) is 13.0. The Bertz CT molecular complexity index is 348. The van der Waals surface area contributed by atoms with Crippen LogP contribution in [0.25, 0.3) is 0 Å². The number of carbonyl (C=O) groups is 3. The standard InChI is InChI=1S/C14H26N2O5/c1-5-9-10-14(6-2,11-17)16(13(19)21-8-4)15-12(18)20-7-3/h11H,5-10H2,1-4H3,(H,15,18)/t14-/m1/s1. The lowest BCUT2D eigenvalue weighted by Gasteiger charge is -2.37. The second-order valence-corrected chi connectivity index (χ2v) is 4.55. The van der Waals surface area contributed by atoms with Crippen LogP contribution in [0.2, 0.25) is 0 Å². The largest absolute Gasteiger partial charge is 0.449 e. The molecule has 1 atom stereocenters. The van der Waals surface area contributed by atoms with Crippen LogP contribution in [0.5, 0.6) is 0 Å². The predicted octanol–water partition coefficient (Wildman–Crippen LogP) is 2.64. The fraction of sp³-hybridized carbons (Fsp3) is 0.786. The van der Waals surface area contributed by atoms with Crippen molar-refractivity contribution < 1.29 is 23.9 Å². The highest BCUT2D eigenvalue weighted by atomic mass is 16.6. The average molecular weight is 302 g/mol. The molecule has 0 aromatic carbocycles. The van der Waals surface area contributed by atoms with Crippen molar-refractivity contribution in [1.82, 2.24) is 10.4 Å². The molecule has 21 heavy (non-hydrogen) atoms. The lowest BCUT2D eigenvalue weighted by Crippen LogP contribution is -2.61. The summed E-state index contributed by atoms with van der Waals surface area (Å²) in [7, 11) is 0. The Morgan fingerprint density at radius 1 is 1.14 bits per heavy atom. The van der Waals surface area contributed by atoms with Crippen molar-refractivity contribution in [1.29, 1.82) is 0 Å². The molecule has 0 aromatic heterocycles. The lowest BCUT2D eigenvalue weighted by molar-refractivity contribution is -0.120. The number of carbonyl (C=O) groups excluding carboxylic acids is 3. The Labute approximate surface area is 125 Å². The molecular formula is C14H26N2O5. The molecule has 0 radical (unpaired) electrons. The number of rotatable bonds is 8. The first-order chi connectivity index (χ1) is 10.0. The molecular weight excluding hydrogens is 276 g/mol. The molecule has 7 nitrogen and oxygen atoms in total. The fourth-order valence-corrected chi connectivity index (χ4v) is 1.91. The third kappa shape index (κ3) is 5.61. The predicted molar refractivity (Wildman–Crippen MR) is 77.6 cm³/mol. The second kappa shape index (κ2) is 10.0. The number of unbranched alkanes of at least 4 members (excludes halogenated alkanes) is 1. The van der Waals surface area contributed by atoms with Crippen LogP contribution in [-0.4, -0.2) is 42.2 Å². The average Bonchev–Trinajstić information content (AvgIpc) is 2.48. The van der Waals surface area contributed by atoms with E-state index in [0.717, 1.165) is 17.9 Å². The minimum Gasteiger partial charge on any atom is -0.449 e. The molecule has 0 aliphatic rings. The third-order valence-electron chi connectivity index (χ3n) is 3.17. The van der Waals surface area contributed by atoms with Gasteiger partial charge in [-0.3, -0.25) is 0 Å². The van der Waals surface area contributed by atoms with E-state index in [1.54, 1.807) is 20.8 Å². The summed E-state index contributed by atoms with van der Waals surface area (Å²) in [5, 5.41) is 0.956. The van der Waals surface area contributed by atoms with E-state index in [1.807, 2.05) is 6.92 Å². The van der Waals surface area contributed by atoms with Gasteiger partial charge in [0.1, 0.15) is 11.8 Å². The van der Waals surface area contributed by atoms with E-state index in [9.17, 15) is 14.4 Å². The Morgan fingerprint density at radius 2 is 1.76 bits per heavy atom. The maximum absolute atomic E-state index is 12.1. The van der Waals surface area contributed by atoms with Gasteiger partial charge < -0.3 is 14.3 Å². The zero-order valence-electron chi connectivity index (χ0n) is 13.3. The van der Waals surface area contributed by atoms with Crippen molar-refractivity contribution in [3.05, 3.63) is 0 Å². The first kappa shape index (κ1) is 19.2. The monoisotopic (exact) mass is 302 g/mol. The molecule has 0 aliphatic carbocycles. The van der Waals surface area contributed by atoms with Gasteiger partial charge in [-0.25, -0.2) is 20.0 Å². The SMILES string of the molecule is CCCC[C@@](C=O)(CC)N(NC(=O)OCC)C(=O)OCC. The maximum Gasteiger partial charge on any atom is 0.429 e. The number of hydrazine groups is 1. The van der Waals surface area contributed by atoms with Crippen molar-refractivity contribution in [2.24, 2.45) is 0 Å². The molecule has 0 fully saturated rings. The molecule has 0 aromatic rings. The van der Waals surface area contributed by atoms with Gasteiger partial charge >= 0.3 is 12.2 Å². The molecule has 122 valence electrons. The summed E-state index contributed by atoms with van der Waals surface area (Å²) in [6.45, 7) is 7.38. The smallest absolute Gasteiger partial charge is 0.429 e. The van der Waals surface area contributed by atoms with Crippen LogP contribution in [-0.2, 0) is 14.3 Å². The second-order valence-electron chi connectivity index (χ2n) is 4.55. The van der Waals surface area contributed by atoms with Crippen molar-refractivity contribution in [3.63, 3.8) is 0 Å². The minimum atomic E-state index is -1.13. The van der Waals surface area contributed by atoms with E-state index < -0.39 is 17.7 Å². The molecule has 0 unspecified atom stereocenters. The van der Waals surface area contributed by atoms with E-state index >= 15 is 0 Å². The zero-order chi connectivity index (χ0) is 16.3. The van der Waals surface area contributed by atoms with Crippen LogP contribution >= 0.6 is 0 Å². The van der Waals surface area contributed by atoms with Crippen LogP contribution in [0.3, 0.4) is 0 Å². The maximum atomic E-state index is 12.1. The van der Waals surface area contributed by atoms with E-state index in [1.165, 1.54) is 0 Å². The molecule has 0 aliphatic heterocycles. The summed E-state index contributed by atoms with van der Waals surface area (Å²) in [4.78, 5) is 35.3. The van der Waals surface area contributed by atoms with E-state index in [0.29, 0.717) is 19.1 Å². The Kier molecular flexibility index (Phi) is 9.16. The van der Waals surface area contributed by atoms with Crippen molar-refractivity contribution in [3.8, 4) is 0 Å². The van der Waals surface area contributed by atoms with Crippen LogP contribution in [0, 0.1) is 0 Å². The van der Waals surface area contributed by atoms with Gasteiger partial charge in [-0.2, -0.15) is 0 Å². The molecule has 1 N–H and O–H groups in total. The van der Waals surface area contributed by atoms with E-state index in [-0.39, 0.29) is 13.2 Å². The third-order valence-corrected chi connectivity index (χ3v) is 3.17. The highest BCUT2D eigenvalue weighted by Gasteiger charge is 2.40. The number of nitrogens with one attached hydrogen (secondary N) is 1. The van der Waals surface area contributed by atoms with Gasteiger partial charge in [-0.1, -0.05) is 26.7 Å². The summed E-state index contributed by atoms with van der Waals surface area (Å²) in [6.07, 6.45) is 1.54. The highest BCUT2D eigenvalue weighted by molar-refractivity contribution is 5.79. The van der Waals surface area contributed by atoms with Crippen molar-refractivity contribution in [2.75, 3.05) is 13.2 Å². The number of ether oxygens (including phenoxy) is 2. The summed E-state index contributed by atoms with van der Waals surface area (Å²) in [6, 6.07) is 0. The quantitative estimate of drug-likeness (QED) is 0.550. The van der Waals surface area contributed by atoms with Gasteiger partial charge in [-0.15, -0.1) is 0 Å². The molecule has 2 amide bonds. The first-order valence-corrected chi connectivity index (χ1v) is 7.37. The Morgan fingerprint density at radius 3 is 2.19 bits per heavy atom. The summed E-state index contributed by atoms with van der Waals surface area (Å²) >= 11 is 0. The highest BCUT2D eigenvalue weighted by Crippen LogP contribution is 2.24. The summed E-state index contributed by atoms with van der Waals surface area (Å²) in [5.41, 5.74) is 1.19. The Balaban J connectivity index is 5.31. The molecule has 0 saturated heterocycles. The number of hydrogen-bond acceptors (Lipinski definition) is 5. The summed E-state index contributed by atoms with van der Waals surface area (Å²) < 4.78 is 9.70. The van der Waals surface area contributed by atoms with Gasteiger partial charge in [0.25, 0.3) is 0 Å². The van der Waals surface area contributed by atoms with Gasteiger partial charge in [0, 0.05) is 0 Å². The van der Waals surface area contributed by atoms with Gasteiger partial charge in [0.2, 0.25) is 0 Å². The number of hydrogen-bond donors (Lipinski definition) is 1. The topological polar surface area (TPSA) is 84.9 Å². The van der Waals surface area contributed by atoms with Crippen LogP contribution in [0.1, 0.15) is 53.4 Å². The van der Waals surface area contributed by atoms with Crippen LogP contribution in [0.4, 0.5) is 9.59 Å². The first-order valence-electron chi connectivity index (χ1n) is 7.37. The van der Waals surface area contributed by atoms with Crippen LogP contribution < -0.4 is 5.43 Å². The number of nitrogens with zero attached hydrogens (tertiary/aromatic N) is 1. The molecule has 0 heterocycles. The molecule has 0 spiro atoms. The van der Waals surface area contributed by atoms with Crippen LogP contribution in [0.15, 0.2) is 0 Å². The van der Waals surface area contributed by atoms with Crippen molar-refractivity contribution >= 4 is 18.5 Å². The number of aldehydes is 1. The molecule has 0 rings (SSSR count). The fourth-order valence-electron chi connectivity index (χ4n) is 1.91. The minimum absolute atomic E-state index is 0.145. The van der Waals surface area contributed by atoms with Gasteiger partial charge in [0.05, 0.1) is 13.2 Å².